The first-order valence-electron chi connectivity index (χ1n) is 8.57. The third-order valence-corrected chi connectivity index (χ3v) is 5.25. The third kappa shape index (κ3) is 5.26. The second-order valence-electron chi connectivity index (χ2n) is 6.53. The fourth-order valence-corrected chi connectivity index (χ4v) is 3.22. The normalized spacial score (nSPS) is 18.7. The van der Waals surface area contributed by atoms with Gasteiger partial charge in [-0.2, -0.15) is 0 Å². The van der Waals surface area contributed by atoms with Crippen molar-refractivity contribution in [3.63, 3.8) is 0 Å². The Bertz CT molecular complexity index is 811. The van der Waals surface area contributed by atoms with E-state index in [0.29, 0.717) is 17.6 Å². The highest BCUT2D eigenvalue weighted by Crippen LogP contribution is 2.47. The maximum absolute atomic E-state index is 11.8. The Morgan fingerprint density at radius 3 is 2.62 bits per heavy atom. The number of hydrazine groups is 1. The summed E-state index contributed by atoms with van der Waals surface area (Å²) in [6.07, 6.45) is 4.09. The van der Waals surface area contributed by atoms with Crippen molar-refractivity contribution in [2.45, 2.75) is 31.1 Å². The van der Waals surface area contributed by atoms with Crippen LogP contribution < -0.4 is 10.9 Å². The maximum Gasteiger partial charge on any atom is 0.262 e. The van der Waals surface area contributed by atoms with Gasteiger partial charge in [-0.05, 0) is 49.6 Å². The molecule has 2 N–H and O–H groups in total. The molecule has 6 heteroatoms. The summed E-state index contributed by atoms with van der Waals surface area (Å²) < 4.78 is 5.69. The Morgan fingerprint density at radius 1 is 1.19 bits per heavy atom. The number of furan rings is 1. The fourth-order valence-electron chi connectivity index (χ4n) is 2.53. The van der Waals surface area contributed by atoms with Crippen LogP contribution >= 0.6 is 11.8 Å². The maximum atomic E-state index is 11.8. The minimum atomic E-state index is -0.406. The topological polar surface area (TPSA) is 71.3 Å². The Morgan fingerprint density at radius 2 is 1.92 bits per heavy atom. The van der Waals surface area contributed by atoms with Crippen LogP contribution in [0.15, 0.2) is 51.8 Å². The summed E-state index contributed by atoms with van der Waals surface area (Å²) in [6, 6.07) is 11.7. The van der Waals surface area contributed by atoms with Crippen LogP contribution in [0.5, 0.6) is 0 Å². The van der Waals surface area contributed by atoms with Crippen molar-refractivity contribution in [2.24, 2.45) is 5.92 Å². The smallest absolute Gasteiger partial charge is 0.262 e. The van der Waals surface area contributed by atoms with Crippen LogP contribution in [-0.4, -0.2) is 17.6 Å². The number of hydrogen-bond donors (Lipinski definition) is 2. The van der Waals surface area contributed by atoms with E-state index in [1.54, 1.807) is 6.08 Å². The van der Waals surface area contributed by atoms with Crippen LogP contribution in [0.2, 0.25) is 0 Å². The van der Waals surface area contributed by atoms with Crippen molar-refractivity contribution in [2.75, 3.05) is 5.75 Å². The minimum absolute atomic E-state index is 0.230. The Hall–Kier alpha value is -2.47. The van der Waals surface area contributed by atoms with Gasteiger partial charge in [0.1, 0.15) is 11.5 Å². The van der Waals surface area contributed by atoms with Crippen LogP contribution in [-0.2, 0) is 9.59 Å². The SMILES string of the molecule is Cc1ccc(SCC(=O)NNC(=O)/C=C/c2ccc(C3CC3C)o2)cc1. The Kier molecular flexibility index (Phi) is 5.83. The zero-order valence-corrected chi connectivity index (χ0v) is 15.6. The molecule has 2 amide bonds. The lowest BCUT2D eigenvalue weighted by Crippen LogP contribution is -2.41. The zero-order chi connectivity index (χ0) is 18.5. The van der Waals surface area contributed by atoms with Crippen molar-refractivity contribution in [1.29, 1.82) is 0 Å². The van der Waals surface area contributed by atoms with Crippen LogP contribution in [0.1, 0.15) is 36.3 Å². The molecule has 0 saturated heterocycles. The van der Waals surface area contributed by atoms with Gasteiger partial charge in [-0.25, -0.2) is 0 Å². The molecule has 0 radical (unpaired) electrons. The second kappa shape index (κ2) is 8.27. The number of carbonyl (C=O) groups is 2. The van der Waals surface area contributed by atoms with Crippen molar-refractivity contribution < 1.29 is 14.0 Å². The van der Waals surface area contributed by atoms with Crippen LogP contribution in [0, 0.1) is 12.8 Å². The largest absolute Gasteiger partial charge is 0.461 e. The number of hydrogen-bond acceptors (Lipinski definition) is 4. The lowest BCUT2D eigenvalue weighted by atomic mass is 10.2. The molecule has 2 atom stereocenters. The summed E-state index contributed by atoms with van der Waals surface area (Å²) in [7, 11) is 0. The van der Waals surface area contributed by atoms with Crippen molar-refractivity contribution in [3.8, 4) is 0 Å². The lowest BCUT2D eigenvalue weighted by molar-refractivity contribution is -0.125. The molecular weight excluding hydrogens is 348 g/mol. The first kappa shape index (κ1) is 18.3. The summed E-state index contributed by atoms with van der Waals surface area (Å²) in [4.78, 5) is 24.6. The highest BCUT2D eigenvalue weighted by Gasteiger charge is 2.36. The highest BCUT2D eigenvalue weighted by atomic mass is 32.2. The molecule has 0 aliphatic heterocycles. The molecule has 1 saturated carbocycles. The van der Waals surface area contributed by atoms with Gasteiger partial charge in [0.05, 0.1) is 5.75 Å². The fraction of sp³-hybridized carbons (Fsp3) is 0.300. The predicted molar refractivity (Wildman–Crippen MR) is 102 cm³/mol. The monoisotopic (exact) mass is 370 g/mol. The van der Waals surface area contributed by atoms with E-state index in [0.717, 1.165) is 17.1 Å². The van der Waals surface area contributed by atoms with Gasteiger partial charge in [0, 0.05) is 16.9 Å². The van der Waals surface area contributed by atoms with Gasteiger partial charge in [-0.3, -0.25) is 20.4 Å². The van der Waals surface area contributed by atoms with Crippen molar-refractivity contribution in [1.82, 2.24) is 10.9 Å². The molecular formula is C20H22N2O3S. The molecule has 0 bridgehead atoms. The zero-order valence-electron chi connectivity index (χ0n) is 14.8. The number of thioether (sulfide) groups is 1. The molecule has 1 heterocycles. The number of rotatable bonds is 6. The molecule has 1 aromatic carbocycles. The molecule has 1 aromatic heterocycles. The number of carbonyl (C=O) groups excluding carboxylic acids is 2. The van der Waals surface area contributed by atoms with E-state index >= 15 is 0 Å². The molecule has 3 rings (SSSR count). The van der Waals surface area contributed by atoms with Crippen molar-refractivity contribution >= 4 is 29.7 Å². The average Bonchev–Trinajstić information content (AvgIpc) is 3.18. The summed E-state index contributed by atoms with van der Waals surface area (Å²) in [6.45, 7) is 4.20. The summed E-state index contributed by atoms with van der Waals surface area (Å²) in [5.41, 5.74) is 5.94. The summed E-state index contributed by atoms with van der Waals surface area (Å²) >= 11 is 1.41. The molecule has 1 fully saturated rings. The number of aryl methyl sites for hydroxylation is 1. The average molecular weight is 370 g/mol. The summed E-state index contributed by atoms with van der Waals surface area (Å²) in [5.74, 6) is 2.35. The van der Waals surface area contributed by atoms with E-state index in [1.165, 1.54) is 23.4 Å². The van der Waals surface area contributed by atoms with Gasteiger partial charge in [-0.1, -0.05) is 24.6 Å². The molecule has 136 valence electrons. The summed E-state index contributed by atoms with van der Waals surface area (Å²) in [5, 5.41) is 0. The quantitative estimate of drug-likeness (QED) is 0.462. The van der Waals surface area contributed by atoms with E-state index in [1.807, 2.05) is 43.3 Å². The molecule has 2 aromatic rings. The van der Waals surface area contributed by atoms with E-state index in [4.69, 9.17) is 4.42 Å². The van der Waals surface area contributed by atoms with E-state index in [9.17, 15) is 9.59 Å². The van der Waals surface area contributed by atoms with Crippen molar-refractivity contribution in [3.05, 3.63) is 59.6 Å². The van der Waals surface area contributed by atoms with Crippen LogP contribution in [0.25, 0.3) is 6.08 Å². The number of amides is 2. The minimum Gasteiger partial charge on any atom is -0.461 e. The first-order valence-corrected chi connectivity index (χ1v) is 9.56. The van der Waals surface area contributed by atoms with Gasteiger partial charge in [0.25, 0.3) is 5.91 Å². The molecule has 1 aliphatic carbocycles. The Labute approximate surface area is 157 Å². The van der Waals surface area contributed by atoms with Gasteiger partial charge >= 0.3 is 0 Å². The predicted octanol–water partition coefficient (Wildman–Crippen LogP) is 3.66. The Balaban J connectivity index is 1.38. The molecule has 1 aliphatic rings. The van der Waals surface area contributed by atoms with Crippen LogP contribution in [0.3, 0.4) is 0 Å². The molecule has 0 spiro atoms. The van der Waals surface area contributed by atoms with Gasteiger partial charge < -0.3 is 4.42 Å². The van der Waals surface area contributed by atoms with E-state index in [-0.39, 0.29) is 11.7 Å². The third-order valence-electron chi connectivity index (χ3n) is 4.24. The molecule has 2 unspecified atom stereocenters. The van der Waals surface area contributed by atoms with E-state index in [2.05, 4.69) is 17.8 Å². The number of benzene rings is 1. The standard InChI is InChI=1S/C20H22N2O3S/c1-13-3-7-16(8-4-13)26-12-20(24)22-21-19(23)10-6-15-5-9-18(25-15)17-11-14(17)2/h3-10,14,17H,11-12H2,1-2H3,(H,21,23)(H,22,24)/b10-6+. The highest BCUT2D eigenvalue weighted by molar-refractivity contribution is 8.00. The first-order chi connectivity index (χ1) is 12.5. The van der Waals surface area contributed by atoms with Gasteiger partial charge in [-0.15, -0.1) is 11.8 Å². The molecule has 26 heavy (non-hydrogen) atoms. The van der Waals surface area contributed by atoms with E-state index < -0.39 is 5.91 Å². The van der Waals surface area contributed by atoms with Crippen LogP contribution in [0.4, 0.5) is 0 Å². The van der Waals surface area contributed by atoms with Gasteiger partial charge in [0.2, 0.25) is 5.91 Å². The van der Waals surface area contributed by atoms with Gasteiger partial charge in [0.15, 0.2) is 0 Å². The molecule has 5 nitrogen and oxygen atoms in total. The number of nitrogens with one attached hydrogen (secondary N) is 2. The lowest BCUT2D eigenvalue weighted by Gasteiger charge is -2.05. The second-order valence-corrected chi connectivity index (χ2v) is 7.58.